The first-order valence-electron chi connectivity index (χ1n) is 10.6. The van der Waals surface area contributed by atoms with E-state index in [-0.39, 0.29) is 0 Å². The van der Waals surface area contributed by atoms with E-state index in [2.05, 4.69) is 11.0 Å². The van der Waals surface area contributed by atoms with Crippen LogP contribution in [0.15, 0.2) is 42.1 Å². The molecule has 1 aromatic rings. The molecule has 0 aromatic heterocycles. The highest BCUT2D eigenvalue weighted by molar-refractivity contribution is 5.82. The van der Waals surface area contributed by atoms with Crippen LogP contribution in [0.1, 0.15) is 57.6 Å². The number of rotatable bonds is 4. The van der Waals surface area contributed by atoms with E-state index in [0.717, 1.165) is 24.4 Å². The number of piperidine rings is 1. The number of aliphatic carboxylic acids is 1. The number of carbonyl (C=O) groups is 1. The molecular weight excluding hydrogens is 366 g/mol. The second-order valence-corrected chi connectivity index (χ2v) is 9.48. The average molecular weight is 398 g/mol. The van der Waals surface area contributed by atoms with Gasteiger partial charge in [0.15, 0.2) is 5.60 Å². The van der Waals surface area contributed by atoms with Crippen molar-refractivity contribution in [2.24, 2.45) is 5.41 Å². The van der Waals surface area contributed by atoms with E-state index in [1.54, 1.807) is 6.07 Å². The summed E-state index contributed by atoms with van der Waals surface area (Å²) in [5, 5.41) is 21.9. The third kappa shape index (κ3) is 3.25. The number of fused-ring (bicyclic) bond motifs is 1. The Morgan fingerprint density at radius 2 is 1.90 bits per heavy atom. The predicted octanol–water partition coefficient (Wildman–Crippen LogP) is 4.01. The molecule has 0 radical (unpaired) electrons. The van der Waals surface area contributed by atoms with Gasteiger partial charge in [-0.2, -0.15) is 0 Å². The van der Waals surface area contributed by atoms with Crippen molar-refractivity contribution in [1.29, 1.82) is 0 Å². The number of benzene rings is 1. The molecule has 5 heteroatoms. The van der Waals surface area contributed by atoms with Crippen molar-refractivity contribution in [3.05, 3.63) is 53.3 Å². The van der Waals surface area contributed by atoms with Crippen LogP contribution in [0.3, 0.4) is 0 Å². The number of nitrogens with zero attached hydrogens (tertiary/aromatic N) is 1. The number of carboxylic acid groups (broad SMARTS) is 1. The molecular formula is C24H31NO4. The Balaban J connectivity index is 1.71. The molecule has 0 amide bonds. The van der Waals surface area contributed by atoms with Crippen LogP contribution in [0.4, 0.5) is 0 Å². The minimum absolute atomic E-state index is 0.343. The van der Waals surface area contributed by atoms with E-state index in [9.17, 15) is 15.0 Å². The molecule has 0 bridgehead atoms. The predicted molar refractivity (Wildman–Crippen MR) is 112 cm³/mol. The molecule has 29 heavy (non-hydrogen) atoms. The van der Waals surface area contributed by atoms with Crippen LogP contribution in [0.2, 0.25) is 0 Å². The smallest absolute Gasteiger partial charge is 0.341 e. The lowest BCUT2D eigenvalue weighted by molar-refractivity contribution is -0.172. The first-order chi connectivity index (χ1) is 13.7. The summed E-state index contributed by atoms with van der Waals surface area (Å²) in [6.45, 7) is 7.84. The molecule has 156 valence electrons. The van der Waals surface area contributed by atoms with Gasteiger partial charge in [0.25, 0.3) is 0 Å². The van der Waals surface area contributed by atoms with Crippen molar-refractivity contribution < 1.29 is 19.7 Å². The molecule has 2 unspecified atom stereocenters. The lowest BCUT2D eigenvalue weighted by atomic mass is 9.65. The summed E-state index contributed by atoms with van der Waals surface area (Å²) < 4.78 is 6.10. The monoisotopic (exact) mass is 397 g/mol. The van der Waals surface area contributed by atoms with Crippen LogP contribution >= 0.6 is 0 Å². The molecule has 2 heterocycles. The average Bonchev–Trinajstić information content (AvgIpc) is 3.02. The summed E-state index contributed by atoms with van der Waals surface area (Å²) in [5.74, 6) is -0.732. The van der Waals surface area contributed by atoms with Crippen LogP contribution in [0.25, 0.3) is 0 Å². The maximum atomic E-state index is 12.5. The van der Waals surface area contributed by atoms with Crippen molar-refractivity contribution in [3.8, 4) is 5.75 Å². The Hall–Kier alpha value is -2.27. The number of likely N-dealkylation sites (tertiary alicyclic amines) is 1. The van der Waals surface area contributed by atoms with E-state index in [1.807, 2.05) is 45.1 Å². The highest BCUT2D eigenvalue weighted by Crippen LogP contribution is 2.51. The zero-order valence-electron chi connectivity index (χ0n) is 17.6. The van der Waals surface area contributed by atoms with E-state index >= 15 is 0 Å². The topological polar surface area (TPSA) is 70.0 Å². The fourth-order valence-corrected chi connectivity index (χ4v) is 4.94. The van der Waals surface area contributed by atoms with Gasteiger partial charge in [-0.1, -0.05) is 37.3 Å². The summed E-state index contributed by atoms with van der Waals surface area (Å²) in [4.78, 5) is 14.9. The fourth-order valence-electron chi connectivity index (χ4n) is 4.94. The minimum Gasteiger partial charge on any atom is -0.487 e. The Bertz CT molecular complexity index is 881. The molecule has 2 N–H and O–H groups in total. The van der Waals surface area contributed by atoms with Crippen molar-refractivity contribution in [2.45, 2.75) is 64.1 Å². The van der Waals surface area contributed by atoms with Crippen LogP contribution in [0, 0.1) is 5.41 Å². The third-order valence-electron chi connectivity index (χ3n) is 6.70. The number of hydrogen-bond acceptors (Lipinski definition) is 4. The number of ether oxygens (including phenoxy) is 1. The standard InChI is InChI=1S/C24H31NO4/c1-22(2)16-17-8-7-9-19(20(17)29-22)24(28,21(26)27)23(3)12-10-18(11-13-23)25-14-5-4-6-15-25/h7-12,28H,4-6,13-16H2,1-3H3,(H,26,27). The van der Waals surface area contributed by atoms with Gasteiger partial charge >= 0.3 is 5.97 Å². The van der Waals surface area contributed by atoms with Gasteiger partial charge in [-0.3, -0.25) is 0 Å². The number of hydrogen-bond donors (Lipinski definition) is 2. The van der Waals surface area contributed by atoms with E-state index in [4.69, 9.17) is 4.74 Å². The second kappa shape index (κ2) is 6.91. The number of carboxylic acids is 1. The largest absolute Gasteiger partial charge is 0.487 e. The van der Waals surface area contributed by atoms with Gasteiger partial charge in [-0.15, -0.1) is 0 Å². The first kappa shape index (κ1) is 20.0. The van der Waals surface area contributed by atoms with Crippen LogP contribution in [-0.4, -0.2) is 39.8 Å². The summed E-state index contributed by atoms with van der Waals surface area (Å²) >= 11 is 0. The van der Waals surface area contributed by atoms with E-state index in [1.165, 1.54) is 19.3 Å². The molecule has 2 aliphatic heterocycles. The molecule has 1 fully saturated rings. The summed E-state index contributed by atoms with van der Waals surface area (Å²) in [7, 11) is 0. The zero-order valence-corrected chi connectivity index (χ0v) is 17.6. The lowest BCUT2D eigenvalue weighted by Gasteiger charge is -2.43. The normalized spacial score (nSPS) is 27.6. The highest BCUT2D eigenvalue weighted by Gasteiger charge is 2.55. The lowest BCUT2D eigenvalue weighted by Crippen LogP contribution is -2.50. The van der Waals surface area contributed by atoms with Crippen molar-refractivity contribution in [3.63, 3.8) is 0 Å². The molecule has 2 atom stereocenters. The van der Waals surface area contributed by atoms with Gasteiger partial charge < -0.3 is 19.8 Å². The van der Waals surface area contributed by atoms with Crippen molar-refractivity contribution >= 4 is 5.97 Å². The minimum atomic E-state index is -2.08. The summed E-state index contributed by atoms with van der Waals surface area (Å²) in [5.41, 5.74) is -1.06. The highest BCUT2D eigenvalue weighted by atomic mass is 16.5. The van der Waals surface area contributed by atoms with Gasteiger partial charge in [0.05, 0.1) is 0 Å². The molecule has 0 saturated carbocycles. The third-order valence-corrected chi connectivity index (χ3v) is 6.70. The van der Waals surface area contributed by atoms with Crippen LogP contribution in [-0.2, 0) is 16.8 Å². The molecule has 3 aliphatic rings. The van der Waals surface area contributed by atoms with Crippen molar-refractivity contribution in [2.75, 3.05) is 13.1 Å². The summed E-state index contributed by atoms with van der Waals surface area (Å²) in [6, 6.07) is 5.46. The molecule has 5 nitrogen and oxygen atoms in total. The van der Waals surface area contributed by atoms with Gasteiger partial charge in [-0.05, 0) is 51.2 Å². The molecule has 1 saturated heterocycles. The Labute approximate surface area is 172 Å². The SMILES string of the molecule is CC1(C)Cc2cccc(C(O)(C(=O)O)C3(C)C=CC(N4CCCCC4)=CC3)c2O1. The maximum Gasteiger partial charge on any atom is 0.341 e. The van der Waals surface area contributed by atoms with Crippen molar-refractivity contribution in [1.82, 2.24) is 4.90 Å². The first-order valence-corrected chi connectivity index (χ1v) is 10.6. The van der Waals surface area contributed by atoms with Crippen LogP contribution in [0.5, 0.6) is 5.75 Å². The number of allylic oxidation sites excluding steroid dienone is 2. The molecule has 0 spiro atoms. The van der Waals surface area contributed by atoms with Gasteiger partial charge in [0.1, 0.15) is 11.4 Å². The molecule has 1 aromatic carbocycles. The van der Waals surface area contributed by atoms with Gasteiger partial charge in [0, 0.05) is 36.2 Å². The molecule has 1 aliphatic carbocycles. The quantitative estimate of drug-likeness (QED) is 0.803. The number of para-hydroxylation sites is 1. The van der Waals surface area contributed by atoms with Gasteiger partial charge in [-0.25, -0.2) is 4.79 Å². The fraction of sp³-hybridized carbons (Fsp3) is 0.542. The van der Waals surface area contributed by atoms with Crippen LogP contribution < -0.4 is 4.74 Å². The second-order valence-electron chi connectivity index (χ2n) is 9.48. The Morgan fingerprint density at radius 3 is 2.52 bits per heavy atom. The molecule has 4 rings (SSSR count). The Morgan fingerprint density at radius 1 is 1.17 bits per heavy atom. The number of aliphatic hydroxyl groups is 1. The van der Waals surface area contributed by atoms with E-state index in [0.29, 0.717) is 24.2 Å². The Kier molecular flexibility index (Phi) is 4.77. The van der Waals surface area contributed by atoms with Gasteiger partial charge in [0.2, 0.25) is 0 Å². The zero-order chi connectivity index (χ0) is 20.9. The maximum absolute atomic E-state index is 12.5. The summed E-state index contributed by atoms with van der Waals surface area (Å²) in [6.07, 6.45) is 10.7. The van der Waals surface area contributed by atoms with E-state index < -0.39 is 22.6 Å².